The van der Waals surface area contributed by atoms with Crippen molar-refractivity contribution in [1.82, 2.24) is 4.90 Å². The van der Waals surface area contributed by atoms with Gasteiger partial charge in [0.2, 0.25) is 0 Å². The quantitative estimate of drug-likeness (QED) is 0.759. The molecule has 2 nitrogen and oxygen atoms in total. The van der Waals surface area contributed by atoms with Crippen molar-refractivity contribution in [3.63, 3.8) is 0 Å². The molecule has 0 bridgehead atoms. The van der Waals surface area contributed by atoms with E-state index in [2.05, 4.69) is 63.3 Å². The van der Waals surface area contributed by atoms with E-state index in [1.807, 2.05) is 24.3 Å². The number of allylic oxidation sites excluding steroid dienone is 1. The van der Waals surface area contributed by atoms with Gasteiger partial charge in [-0.3, -0.25) is 4.90 Å². The van der Waals surface area contributed by atoms with Gasteiger partial charge in [0.15, 0.2) is 0 Å². The topological polar surface area (TPSA) is 27.0 Å². The summed E-state index contributed by atoms with van der Waals surface area (Å²) in [6.07, 6.45) is 5.70. The SMILES string of the molecule is C=Cc1cc(CN(C)C/C=C/C#CC(C)(C)C)ccc1C#N. The van der Waals surface area contributed by atoms with Crippen molar-refractivity contribution in [1.29, 1.82) is 5.26 Å². The predicted molar refractivity (Wildman–Crippen MR) is 94.0 cm³/mol. The number of benzene rings is 1. The van der Waals surface area contributed by atoms with Crippen LogP contribution in [-0.4, -0.2) is 18.5 Å². The Hall–Kier alpha value is -2.29. The molecule has 1 aromatic rings. The van der Waals surface area contributed by atoms with Crippen LogP contribution in [0.4, 0.5) is 0 Å². The van der Waals surface area contributed by atoms with Gasteiger partial charge in [-0.2, -0.15) is 5.26 Å². The van der Waals surface area contributed by atoms with Crippen LogP contribution < -0.4 is 0 Å². The van der Waals surface area contributed by atoms with Crippen LogP contribution in [0.2, 0.25) is 0 Å². The largest absolute Gasteiger partial charge is 0.298 e. The highest BCUT2D eigenvalue weighted by atomic mass is 15.1. The molecule has 0 spiro atoms. The van der Waals surface area contributed by atoms with E-state index in [1.165, 1.54) is 5.56 Å². The first-order valence-corrected chi connectivity index (χ1v) is 7.37. The van der Waals surface area contributed by atoms with Gasteiger partial charge < -0.3 is 0 Å². The van der Waals surface area contributed by atoms with Gasteiger partial charge in [-0.15, -0.1) is 0 Å². The third-order valence-corrected chi connectivity index (χ3v) is 2.97. The first-order valence-electron chi connectivity index (χ1n) is 7.37. The zero-order chi connectivity index (χ0) is 16.6. The first kappa shape index (κ1) is 17.8. The lowest BCUT2D eigenvalue weighted by Gasteiger charge is -2.15. The van der Waals surface area contributed by atoms with Gasteiger partial charge >= 0.3 is 0 Å². The number of rotatable bonds is 5. The van der Waals surface area contributed by atoms with Gasteiger partial charge in [-0.1, -0.05) is 36.6 Å². The van der Waals surface area contributed by atoms with Crippen molar-refractivity contribution in [3.05, 3.63) is 53.6 Å². The van der Waals surface area contributed by atoms with Crippen molar-refractivity contribution in [2.45, 2.75) is 27.3 Å². The third-order valence-electron chi connectivity index (χ3n) is 2.97. The predicted octanol–water partition coefficient (Wildman–Crippen LogP) is 4.24. The average Bonchev–Trinajstić information content (AvgIpc) is 2.45. The Kier molecular flexibility index (Phi) is 6.64. The Morgan fingerprint density at radius 2 is 2.05 bits per heavy atom. The van der Waals surface area contributed by atoms with Crippen LogP contribution in [0, 0.1) is 28.6 Å². The Morgan fingerprint density at radius 3 is 2.64 bits per heavy atom. The summed E-state index contributed by atoms with van der Waals surface area (Å²) in [7, 11) is 2.06. The van der Waals surface area contributed by atoms with Crippen LogP contribution >= 0.6 is 0 Å². The molecule has 0 saturated heterocycles. The normalized spacial score (nSPS) is 11.1. The number of hydrogen-bond donors (Lipinski definition) is 0. The van der Waals surface area contributed by atoms with E-state index < -0.39 is 0 Å². The second-order valence-corrected chi connectivity index (χ2v) is 6.36. The maximum Gasteiger partial charge on any atom is 0.0997 e. The second kappa shape index (κ2) is 8.23. The molecule has 114 valence electrons. The van der Waals surface area contributed by atoms with Crippen LogP contribution in [0.1, 0.15) is 37.5 Å². The summed E-state index contributed by atoms with van der Waals surface area (Å²) in [5, 5.41) is 9.02. The molecule has 0 aromatic heterocycles. The lowest BCUT2D eigenvalue weighted by atomic mass is 9.98. The molecule has 1 aromatic carbocycles. The lowest BCUT2D eigenvalue weighted by Crippen LogP contribution is -2.17. The van der Waals surface area contributed by atoms with Crippen molar-refractivity contribution in [2.75, 3.05) is 13.6 Å². The molecule has 0 amide bonds. The third kappa shape index (κ3) is 6.44. The van der Waals surface area contributed by atoms with E-state index >= 15 is 0 Å². The van der Waals surface area contributed by atoms with E-state index in [-0.39, 0.29) is 5.41 Å². The van der Waals surface area contributed by atoms with Gasteiger partial charge in [0, 0.05) is 18.5 Å². The summed E-state index contributed by atoms with van der Waals surface area (Å²) in [5.41, 5.74) is 2.77. The highest BCUT2D eigenvalue weighted by molar-refractivity contribution is 5.57. The van der Waals surface area contributed by atoms with Crippen molar-refractivity contribution >= 4 is 6.08 Å². The Bertz CT molecular complexity index is 643. The zero-order valence-corrected chi connectivity index (χ0v) is 14.0. The van der Waals surface area contributed by atoms with Crippen LogP contribution in [0.5, 0.6) is 0 Å². The maximum atomic E-state index is 9.02. The molecule has 0 heterocycles. The standard InChI is InChI=1S/C20H24N2/c1-6-18-14-17(10-11-19(18)15-21)16-22(5)13-9-7-8-12-20(2,3)4/h6-7,9-11,14H,1,13,16H2,2-5H3/b9-7+. The van der Waals surface area contributed by atoms with E-state index in [9.17, 15) is 0 Å². The summed E-state index contributed by atoms with van der Waals surface area (Å²) >= 11 is 0. The number of nitriles is 1. The molecule has 0 aliphatic heterocycles. The molecule has 22 heavy (non-hydrogen) atoms. The Labute approximate surface area is 134 Å². The number of likely N-dealkylation sites (N-methyl/N-ethyl adjacent to an activating group) is 1. The molecule has 1 rings (SSSR count). The average molecular weight is 292 g/mol. The zero-order valence-electron chi connectivity index (χ0n) is 14.0. The number of hydrogen-bond acceptors (Lipinski definition) is 2. The minimum Gasteiger partial charge on any atom is -0.298 e. The summed E-state index contributed by atoms with van der Waals surface area (Å²) < 4.78 is 0. The molecular weight excluding hydrogens is 268 g/mol. The van der Waals surface area contributed by atoms with E-state index in [0.29, 0.717) is 5.56 Å². The van der Waals surface area contributed by atoms with Gasteiger partial charge in [-0.25, -0.2) is 0 Å². The van der Waals surface area contributed by atoms with Crippen LogP contribution in [0.25, 0.3) is 6.08 Å². The van der Waals surface area contributed by atoms with Gasteiger partial charge in [0.25, 0.3) is 0 Å². The molecular formula is C20H24N2. The highest BCUT2D eigenvalue weighted by Crippen LogP contribution is 2.14. The Morgan fingerprint density at radius 1 is 1.32 bits per heavy atom. The first-order chi connectivity index (χ1) is 10.4. The molecule has 0 atom stereocenters. The fourth-order valence-electron chi connectivity index (χ4n) is 1.91. The van der Waals surface area contributed by atoms with Crippen LogP contribution in [0.15, 0.2) is 36.9 Å². The molecule has 2 heteroatoms. The molecule has 0 saturated carbocycles. The molecule has 0 unspecified atom stereocenters. The van der Waals surface area contributed by atoms with Crippen molar-refractivity contribution in [3.8, 4) is 17.9 Å². The Balaban J connectivity index is 2.60. The minimum atomic E-state index is 0.0415. The smallest absolute Gasteiger partial charge is 0.0997 e. The lowest BCUT2D eigenvalue weighted by molar-refractivity contribution is 0.363. The summed E-state index contributed by atoms with van der Waals surface area (Å²) in [5.74, 6) is 6.25. The van der Waals surface area contributed by atoms with Gasteiger partial charge in [0.05, 0.1) is 11.6 Å². The molecule has 0 N–H and O–H groups in total. The van der Waals surface area contributed by atoms with Crippen LogP contribution in [0.3, 0.4) is 0 Å². The molecule has 0 fully saturated rings. The van der Waals surface area contributed by atoms with E-state index in [1.54, 1.807) is 6.08 Å². The highest BCUT2D eigenvalue weighted by Gasteiger charge is 2.03. The number of nitrogens with zero attached hydrogens (tertiary/aromatic N) is 2. The second-order valence-electron chi connectivity index (χ2n) is 6.36. The summed E-state index contributed by atoms with van der Waals surface area (Å²) in [6.45, 7) is 11.7. The fraction of sp³-hybridized carbons (Fsp3) is 0.350. The van der Waals surface area contributed by atoms with Gasteiger partial charge in [-0.05, 0) is 57.2 Å². The molecule has 0 aliphatic carbocycles. The monoisotopic (exact) mass is 292 g/mol. The summed E-state index contributed by atoms with van der Waals surface area (Å²) in [4.78, 5) is 2.20. The summed E-state index contributed by atoms with van der Waals surface area (Å²) in [6, 6.07) is 8.04. The molecule has 0 aliphatic rings. The van der Waals surface area contributed by atoms with E-state index in [4.69, 9.17) is 5.26 Å². The van der Waals surface area contributed by atoms with E-state index in [0.717, 1.165) is 18.7 Å². The minimum absolute atomic E-state index is 0.0415. The van der Waals surface area contributed by atoms with Crippen molar-refractivity contribution in [2.24, 2.45) is 5.41 Å². The fourth-order valence-corrected chi connectivity index (χ4v) is 1.91. The van der Waals surface area contributed by atoms with Gasteiger partial charge in [0.1, 0.15) is 0 Å². The molecule has 0 radical (unpaired) electrons. The van der Waals surface area contributed by atoms with Crippen LogP contribution in [-0.2, 0) is 6.54 Å². The van der Waals surface area contributed by atoms with Crippen molar-refractivity contribution < 1.29 is 0 Å². The maximum absolute atomic E-state index is 9.02.